The number of alkyl carbamates (subject to hydrolysis) is 1. The molecule has 1 heterocycles. The third-order valence-electron chi connectivity index (χ3n) is 7.11. The van der Waals surface area contributed by atoms with Gasteiger partial charge in [-0.1, -0.05) is 84.9 Å². The summed E-state index contributed by atoms with van der Waals surface area (Å²) in [6.07, 6.45) is 0.861. The minimum atomic E-state index is -0.841. The van der Waals surface area contributed by atoms with Crippen LogP contribution in [0.3, 0.4) is 0 Å². The number of aryl methyl sites for hydroxylation is 1. The minimum absolute atomic E-state index is 0.0568. The molecule has 0 aliphatic carbocycles. The van der Waals surface area contributed by atoms with Gasteiger partial charge in [0.2, 0.25) is 5.91 Å². The second-order valence-corrected chi connectivity index (χ2v) is 9.68. The standard InChI is InChI=1S/C31H35N3O5/c1-38-31(37)34-29(28(22-11-4-2-5-12-22)23-13-6-3-7-14-23)27(35)18-24-15-9-8-10-21(24)16-17-25-19-33-26(20-39-25)30(32)36/h2-15,25-26,28-29,33H,16-20H2,1H3,(H2,32,36)(H,34,37)/t25-,26+,29-/m1/s1. The highest BCUT2D eigenvalue weighted by atomic mass is 16.5. The Labute approximate surface area is 228 Å². The number of morpholine rings is 1. The summed E-state index contributed by atoms with van der Waals surface area (Å²) in [6.45, 7) is 0.789. The number of methoxy groups -OCH3 is 1. The Kier molecular flexibility index (Phi) is 9.83. The number of ketones is 1. The predicted molar refractivity (Wildman–Crippen MR) is 148 cm³/mol. The van der Waals surface area contributed by atoms with E-state index in [1.165, 1.54) is 7.11 Å². The van der Waals surface area contributed by atoms with Crippen LogP contribution in [0.4, 0.5) is 4.79 Å². The van der Waals surface area contributed by atoms with Crippen molar-refractivity contribution in [3.8, 4) is 0 Å². The van der Waals surface area contributed by atoms with Gasteiger partial charge in [0.05, 0.1) is 19.8 Å². The van der Waals surface area contributed by atoms with E-state index in [2.05, 4.69) is 10.6 Å². The molecule has 0 bridgehead atoms. The molecule has 0 radical (unpaired) electrons. The largest absolute Gasteiger partial charge is 0.453 e. The molecule has 2 amide bonds. The van der Waals surface area contributed by atoms with Gasteiger partial charge >= 0.3 is 6.09 Å². The molecule has 0 aromatic heterocycles. The number of hydrogen-bond donors (Lipinski definition) is 3. The molecule has 1 saturated heterocycles. The van der Waals surface area contributed by atoms with Crippen LogP contribution in [0.1, 0.15) is 34.6 Å². The Balaban J connectivity index is 1.54. The number of carbonyl (C=O) groups is 3. The number of benzene rings is 3. The van der Waals surface area contributed by atoms with Gasteiger partial charge in [-0.3, -0.25) is 9.59 Å². The molecule has 4 rings (SSSR count). The van der Waals surface area contributed by atoms with Gasteiger partial charge in [-0.25, -0.2) is 4.79 Å². The van der Waals surface area contributed by atoms with Gasteiger partial charge in [-0.2, -0.15) is 0 Å². The molecule has 4 N–H and O–H groups in total. The third kappa shape index (κ3) is 7.52. The molecule has 0 spiro atoms. The van der Waals surface area contributed by atoms with Crippen molar-refractivity contribution < 1.29 is 23.9 Å². The molecule has 1 aliphatic rings. The summed E-state index contributed by atoms with van der Waals surface area (Å²) in [4.78, 5) is 37.8. The number of rotatable bonds is 11. The van der Waals surface area contributed by atoms with Crippen LogP contribution in [-0.4, -0.2) is 56.2 Å². The van der Waals surface area contributed by atoms with E-state index in [9.17, 15) is 14.4 Å². The van der Waals surface area contributed by atoms with Gasteiger partial charge in [0.15, 0.2) is 5.78 Å². The number of Topliss-reactive ketones (excluding diaryl/α,β-unsaturated/α-hetero) is 1. The summed E-state index contributed by atoms with van der Waals surface area (Å²) < 4.78 is 10.7. The zero-order valence-electron chi connectivity index (χ0n) is 22.0. The second-order valence-electron chi connectivity index (χ2n) is 9.68. The molecule has 39 heavy (non-hydrogen) atoms. The molecule has 0 saturated carbocycles. The number of primary amides is 1. The third-order valence-corrected chi connectivity index (χ3v) is 7.11. The van der Waals surface area contributed by atoms with Crippen molar-refractivity contribution in [2.75, 3.05) is 20.3 Å². The van der Waals surface area contributed by atoms with E-state index in [4.69, 9.17) is 15.2 Å². The Bertz CT molecular complexity index is 1200. The van der Waals surface area contributed by atoms with Crippen molar-refractivity contribution in [1.82, 2.24) is 10.6 Å². The second kappa shape index (κ2) is 13.7. The van der Waals surface area contributed by atoms with E-state index >= 15 is 0 Å². The summed E-state index contributed by atoms with van der Waals surface area (Å²) >= 11 is 0. The van der Waals surface area contributed by atoms with Gasteiger partial charge < -0.3 is 25.8 Å². The predicted octanol–water partition coefficient (Wildman–Crippen LogP) is 3.13. The maximum absolute atomic E-state index is 14.0. The van der Waals surface area contributed by atoms with Crippen LogP contribution in [0.25, 0.3) is 0 Å². The molecular formula is C31H35N3O5. The SMILES string of the molecule is COC(=O)N[C@H](C(=O)Cc1ccccc1CC[C@@H]1CN[C@H](C(N)=O)CO1)C(c1ccccc1)c1ccccc1. The maximum Gasteiger partial charge on any atom is 0.407 e. The summed E-state index contributed by atoms with van der Waals surface area (Å²) in [5.41, 5.74) is 9.14. The Hall–Kier alpha value is -4.01. The molecule has 1 aliphatic heterocycles. The number of ether oxygens (including phenoxy) is 2. The molecule has 8 heteroatoms. The number of hydrogen-bond acceptors (Lipinski definition) is 6. The van der Waals surface area contributed by atoms with Crippen LogP contribution in [0, 0.1) is 0 Å². The molecule has 0 unspecified atom stereocenters. The van der Waals surface area contributed by atoms with Gasteiger partial charge in [-0.15, -0.1) is 0 Å². The number of amides is 2. The lowest BCUT2D eigenvalue weighted by Gasteiger charge is -2.29. The number of nitrogens with one attached hydrogen (secondary N) is 2. The van der Waals surface area contributed by atoms with E-state index < -0.39 is 30.0 Å². The Morgan fingerprint density at radius 2 is 1.54 bits per heavy atom. The van der Waals surface area contributed by atoms with E-state index in [0.29, 0.717) is 13.0 Å². The fourth-order valence-electron chi connectivity index (χ4n) is 5.01. The van der Waals surface area contributed by atoms with Crippen LogP contribution < -0.4 is 16.4 Å². The maximum atomic E-state index is 14.0. The summed E-state index contributed by atoms with van der Waals surface area (Å²) in [7, 11) is 1.29. The fraction of sp³-hybridized carbons (Fsp3) is 0.323. The quantitative estimate of drug-likeness (QED) is 0.351. The van der Waals surface area contributed by atoms with Crippen LogP contribution in [0.5, 0.6) is 0 Å². The first kappa shape index (κ1) is 28.0. The van der Waals surface area contributed by atoms with Crippen molar-refractivity contribution >= 4 is 17.8 Å². The lowest BCUT2D eigenvalue weighted by atomic mass is 9.81. The molecule has 1 fully saturated rings. The van der Waals surface area contributed by atoms with Crippen molar-refractivity contribution in [2.24, 2.45) is 5.73 Å². The van der Waals surface area contributed by atoms with Gasteiger partial charge in [-0.05, 0) is 35.1 Å². The van der Waals surface area contributed by atoms with E-state index in [1.807, 2.05) is 84.9 Å². The van der Waals surface area contributed by atoms with E-state index in [0.717, 1.165) is 28.7 Å². The van der Waals surface area contributed by atoms with Crippen molar-refractivity contribution in [3.05, 3.63) is 107 Å². The summed E-state index contributed by atoms with van der Waals surface area (Å²) in [5, 5.41) is 5.95. The molecule has 3 aromatic rings. The average molecular weight is 530 g/mol. The first-order valence-electron chi connectivity index (χ1n) is 13.1. The first-order valence-corrected chi connectivity index (χ1v) is 13.1. The molecule has 3 aromatic carbocycles. The topological polar surface area (TPSA) is 120 Å². The summed E-state index contributed by atoms with van der Waals surface area (Å²) in [6, 6.07) is 25.9. The van der Waals surface area contributed by atoms with Crippen LogP contribution in [0.15, 0.2) is 84.9 Å². The Morgan fingerprint density at radius 3 is 2.08 bits per heavy atom. The highest BCUT2D eigenvalue weighted by Gasteiger charge is 2.33. The highest BCUT2D eigenvalue weighted by molar-refractivity contribution is 5.91. The van der Waals surface area contributed by atoms with E-state index in [1.54, 1.807) is 0 Å². The lowest BCUT2D eigenvalue weighted by molar-refractivity contribution is -0.124. The van der Waals surface area contributed by atoms with Crippen molar-refractivity contribution in [3.63, 3.8) is 0 Å². The first-order chi connectivity index (χ1) is 19.0. The van der Waals surface area contributed by atoms with Gasteiger partial charge in [0.1, 0.15) is 12.1 Å². The summed E-state index contributed by atoms with van der Waals surface area (Å²) in [5.74, 6) is -0.937. The van der Waals surface area contributed by atoms with E-state index in [-0.39, 0.29) is 24.9 Å². The number of nitrogens with two attached hydrogens (primary N) is 1. The molecule has 204 valence electrons. The fourth-order valence-corrected chi connectivity index (χ4v) is 5.01. The molecule has 8 nitrogen and oxygen atoms in total. The average Bonchev–Trinajstić information content (AvgIpc) is 2.97. The monoisotopic (exact) mass is 529 g/mol. The number of carbonyl (C=O) groups excluding carboxylic acids is 3. The van der Waals surface area contributed by atoms with Gasteiger partial charge in [0.25, 0.3) is 0 Å². The highest BCUT2D eigenvalue weighted by Crippen LogP contribution is 2.30. The van der Waals surface area contributed by atoms with Crippen molar-refractivity contribution in [1.29, 1.82) is 0 Å². The van der Waals surface area contributed by atoms with Crippen LogP contribution >= 0.6 is 0 Å². The molecule has 3 atom stereocenters. The smallest absolute Gasteiger partial charge is 0.407 e. The Morgan fingerprint density at radius 1 is 0.949 bits per heavy atom. The molecular weight excluding hydrogens is 494 g/mol. The normalized spacial score (nSPS) is 17.8. The van der Waals surface area contributed by atoms with Gasteiger partial charge in [0, 0.05) is 18.9 Å². The van der Waals surface area contributed by atoms with Crippen molar-refractivity contribution in [2.45, 2.75) is 43.4 Å². The van der Waals surface area contributed by atoms with Crippen LogP contribution in [0.2, 0.25) is 0 Å². The van der Waals surface area contributed by atoms with Crippen LogP contribution in [-0.2, 0) is 31.9 Å². The minimum Gasteiger partial charge on any atom is -0.453 e. The lowest BCUT2D eigenvalue weighted by Crippen LogP contribution is -2.52. The zero-order chi connectivity index (χ0) is 27.6. The zero-order valence-corrected chi connectivity index (χ0v) is 22.0.